The van der Waals surface area contributed by atoms with Crippen LogP contribution in [-0.4, -0.2) is 65.4 Å². The molecular formula is C17H31N3O2. The molecule has 2 aliphatic heterocycles. The van der Waals surface area contributed by atoms with Gasteiger partial charge in [0.25, 0.3) is 0 Å². The van der Waals surface area contributed by atoms with Crippen LogP contribution in [0, 0.1) is 0 Å². The van der Waals surface area contributed by atoms with Crippen molar-refractivity contribution in [3.05, 3.63) is 0 Å². The SMILES string of the molecule is CCCC(CCC)N1CCCN(CC(=O)N2CCCC2)C1=O. The lowest BCUT2D eigenvalue weighted by molar-refractivity contribution is -0.131. The van der Waals surface area contributed by atoms with Crippen LogP contribution in [0.5, 0.6) is 0 Å². The summed E-state index contributed by atoms with van der Waals surface area (Å²) in [4.78, 5) is 30.7. The van der Waals surface area contributed by atoms with E-state index >= 15 is 0 Å². The molecule has 0 saturated carbocycles. The van der Waals surface area contributed by atoms with Gasteiger partial charge in [0.1, 0.15) is 6.54 Å². The van der Waals surface area contributed by atoms with Crippen molar-refractivity contribution in [2.75, 3.05) is 32.7 Å². The lowest BCUT2D eigenvalue weighted by atomic mass is 10.0. The molecule has 2 fully saturated rings. The summed E-state index contributed by atoms with van der Waals surface area (Å²) >= 11 is 0. The van der Waals surface area contributed by atoms with Crippen LogP contribution in [0.25, 0.3) is 0 Å². The Bertz CT molecular complexity index is 374. The second-order valence-corrected chi connectivity index (χ2v) is 6.57. The number of hydrogen-bond acceptors (Lipinski definition) is 2. The first kappa shape index (κ1) is 17.1. The summed E-state index contributed by atoms with van der Waals surface area (Å²) in [6, 6.07) is 0.415. The van der Waals surface area contributed by atoms with Gasteiger partial charge in [-0.15, -0.1) is 0 Å². The smallest absolute Gasteiger partial charge is 0.320 e. The first-order valence-corrected chi connectivity index (χ1v) is 9.00. The van der Waals surface area contributed by atoms with E-state index in [9.17, 15) is 9.59 Å². The third-order valence-electron chi connectivity index (χ3n) is 4.81. The number of carbonyl (C=O) groups is 2. The van der Waals surface area contributed by atoms with Crippen LogP contribution < -0.4 is 0 Å². The summed E-state index contributed by atoms with van der Waals surface area (Å²) in [6.45, 7) is 7.90. The number of rotatable bonds is 7. The van der Waals surface area contributed by atoms with E-state index in [0.717, 1.165) is 71.1 Å². The molecule has 2 heterocycles. The van der Waals surface area contributed by atoms with Crippen molar-refractivity contribution in [1.82, 2.24) is 14.7 Å². The standard InChI is InChI=1S/C17H31N3O2/c1-3-8-15(9-4-2)20-13-7-12-19(17(20)22)14-16(21)18-10-5-6-11-18/h15H,3-14H2,1-2H3. The molecule has 0 aliphatic carbocycles. The molecule has 2 saturated heterocycles. The van der Waals surface area contributed by atoms with Gasteiger partial charge in [-0.2, -0.15) is 0 Å². The maximum Gasteiger partial charge on any atom is 0.320 e. The second kappa shape index (κ2) is 8.39. The molecule has 2 aliphatic rings. The van der Waals surface area contributed by atoms with Crippen molar-refractivity contribution in [3.63, 3.8) is 0 Å². The fourth-order valence-electron chi connectivity index (χ4n) is 3.64. The Morgan fingerprint density at radius 1 is 1.00 bits per heavy atom. The van der Waals surface area contributed by atoms with E-state index in [1.165, 1.54) is 0 Å². The van der Waals surface area contributed by atoms with Gasteiger partial charge in [0, 0.05) is 32.2 Å². The number of carbonyl (C=O) groups excluding carboxylic acids is 2. The fraction of sp³-hybridized carbons (Fsp3) is 0.882. The lowest BCUT2D eigenvalue weighted by Crippen LogP contribution is -2.55. The Morgan fingerprint density at radius 3 is 2.23 bits per heavy atom. The fourth-order valence-corrected chi connectivity index (χ4v) is 3.64. The van der Waals surface area contributed by atoms with Gasteiger partial charge in [-0.3, -0.25) is 4.79 Å². The van der Waals surface area contributed by atoms with Crippen LogP contribution in [0.15, 0.2) is 0 Å². The molecule has 0 N–H and O–H groups in total. The average molecular weight is 309 g/mol. The number of likely N-dealkylation sites (tertiary alicyclic amines) is 1. The van der Waals surface area contributed by atoms with E-state index in [-0.39, 0.29) is 18.5 Å². The molecule has 3 amide bonds. The summed E-state index contributed by atoms with van der Waals surface area (Å²) in [7, 11) is 0. The number of hydrogen-bond donors (Lipinski definition) is 0. The van der Waals surface area contributed by atoms with E-state index in [1.807, 2.05) is 9.80 Å². The first-order chi connectivity index (χ1) is 10.7. The average Bonchev–Trinajstić information content (AvgIpc) is 3.04. The Balaban J connectivity index is 1.94. The Morgan fingerprint density at radius 2 is 1.64 bits per heavy atom. The number of urea groups is 1. The molecule has 22 heavy (non-hydrogen) atoms. The van der Waals surface area contributed by atoms with Crippen LogP contribution in [0.2, 0.25) is 0 Å². The zero-order valence-corrected chi connectivity index (χ0v) is 14.2. The maximum absolute atomic E-state index is 12.7. The van der Waals surface area contributed by atoms with Gasteiger partial charge in [-0.25, -0.2) is 4.79 Å². The molecule has 5 nitrogen and oxygen atoms in total. The molecule has 0 unspecified atom stereocenters. The van der Waals surface area contributed by atoms with Crippen LogP contribution in [0.1, 0.15) is 58.8 Å². The van der Waals surface area contributed by atoms with E-state index in [0.29, 0.717) is 6.04 Å². The van der Waals surface area contributed by atoms with Crippen molar-refractivity contribution < 1.29 is 9.59 Å². The Kier molecular flexibility index (Phi) is 6.52. The summed E-state index contributed by atoms with van der Waals surface area (Å²) in [5.41, 5.74) is 0. The highest BCUT2D eigenvalue weighted by atomic mass is 16.2. The highest BCUT2D eigenvalue weighted by molar-refractivity contribution is 5.84. The Hall–Kier alpha value is -1.26. The molecule has 0 atom stereocenters. The molecule has 0 aromatic carbocycles. The monoisotopic (exact) mass is 309 g/mol. The topological polar surface area (TPSA) is 43.9 Å². The number of amides is 3. The zero-order chi connectivity index (χ0) is 15.9. The second-order valence-electron chi connectivity index (χ2n) is 6.57. The van der Waals surface area contributed by atoms with Gasteiger partial charge in [0.2, 0.25) is 5.91 Å². The summed E-state index contributed by atoms with van der Waals surface area (Å²) in [5, 5.41) is 0. The van der Waals surface area contributed by atoms with Crippen molar-refractivity contribution >= 4 is 11.9 Å². The van der Waals surface area contributed by atoms with E-state index < -0.39 is 0 Å². The van der Waals surface area contributed by atoms with Crippen molar-refractivity contribution in [2.45, 2.75) is 64.8 Å². The van der Waals surface area contributed by atoms with Gasteiger partial charge in [-0.1, -0.05) is 26.7 Å². The highest BCUT2D eigenvalue weighted by Gasteiger charge is 2.32. The van der Waals surface area contributed by atoms with Crippen molar-refractivity contribution in [2.24, 2.45) is 0 Å². The summed E-state index contributed by atoms with van der Waals surface area (Å²) in [6.07, 6.45) is 7.49. The van der Waals surface area contributed by atoms with Gasteiger partial charge in [0.15, 0.2) is 0 Å². The molecule has 5 heteroatoms. The highest BCUT2D eigenvalue weighted by Crippen LogP contribution is 2.20. The van der Waals surface area contributed by atoms with Crippen LogP contribution in [0.4, 0.5) is 4.79 Å². The molecule has 0 spiro atoms. The largest absolute Gasteiger partial charge is 0.341 e. The van der Waals surface area contributed by atoms with Gasteiger partial charge in [0.05, 0.1) is 0 Å². The molecule has 0 bridgehead atoms. The van der Waals surface area contributed by atoms with E-state index in [1.54, 1.807) is 4.90 Å². The Labute approximate surface area is 134 Å². The predicted octanol–water partition coefficient (Wildman–Crippen LogP) is 2.71. The van der Waals surface area contributed by atoms with Crippen LogP contribution >= 0.6 is 0 Å². The normalized spacial score (nSPS) is 19.4. The van der Waals surface area contributed by atoms with E-state index in [2.05, 4.69) is 13.8 Å². The molecule has 0 aromatic rings. The minimum absolute atomic E-state index is 0.0747. The van der Waals surface area contributed by atoms with Gasteiger partial charge < -0.3 is 14.7 Å². The lowest BCUT2D eigenvalue weighted by Gasteiger charge is -2.40. The molecule has 126 valence electrons. The van der Waals surface area contributed by atoms with Gasteiger partial charge >= 0.3 is 6.03 Å². The quantitative estimate of drug-likeness (QED) is 0.726. The molecule has 0 aromatic heterocycles. The number of nitrogens with zero attached hydrogens (tertiary/aromatic N) is 3. The predicted molar refractivity (Wildman–Crippen MR) is 87.7 cm³/mol. The molecular weight excluding hydrogens is 278 g/mol. The summed E-state index contributed by atoms with van der Waals surface area (Å²) in [5.74, 6) is 0.121. The van der Waals surface area contributed by atoms with Crippen molar-refractivity contribution in [3.8, 4) is 0 Å². The minimum atomic E-state index is 0.0747. The minimum Gasteiger partial charge on any atom is -0.341 e. The van der Waals surface area contributed by atoms with Crippen LogP contribution in [-0.2, 0) is 4.79 Å². The third kappa shape index (κ3) is 4.14. The summed E-state index contributed by atoms with van der Waals surface area (Å²) < 4.78 is 0. The van der Waals surface area contributed by atoms with Gasteiger partial charge in [-0.05, 0) is 32.1 Å². The molecule has 2 rings (SSSR count). The van der Waals surface area contributed by atoms with E-state index in [4.69, 9.17) is 0 Å². The van der Waals surface area contributed by atoms with Crippen molar-refractivity contribution in [1.29, 1.82) is 0 Å². The molecule has 0 radical (unpaired) electrons. The first-order valence-electron chi connectivity index (χ1n) is 9.00. The zero-order valence-electron chi connectivity index (χ0n) is 14.2. The van der Waals surface area contributed by atoms with Crippen LogP contribution in [0.3, 0.4) is 0 Å². The third-order valence-corrected chi connectivity index (χ3v) is 4.81. The maximum atomic E-state index is 12.7.